The van der Waals surface area contributed by atoms with Crippen LogP contribution in [0.4, 0.5) is 0 Å². The van der Waals surface area contributed by atoms with E-state index in [1.807, 2.05) is 30.3 Å². The van der Waals surface area contributed by atoms with Gasteiger partial charge in [0.05, 0.1) is 4.48 Å². The van der Waals surface area contributed by atoms with Crippen LogP contribution in [-0.4, -0.2) is 5.78 Å². The van der Waals surface area contributed by atoms with Gasteiger partial charge in [-0.1, -0.05) is 30.3 Å². The number of Topliss-reactive ketones (excluding diaryl/α,β-unsaturated/α-hetero) is 1. The van der Waals surface area contributed by atoms with Crippen molar-refractivity contribution in [3.63, 3.8) is 0 Å². The largest absolute Gasteiger partial charge is 0.291 e. The zero-order valence-electron chi connectivity index (χ0n) is 7.52. The fourth-order valence-electron chi connectivity index (χ4n) is 1.28. The Morgan fingerprint density at radius 3 is 2.47 bits per heavy atom. The second kappa shape index (κ2) is 4.37. The molecular formula is C10H6Br2N2O. The molecule has 1 aliphatic heterocycles. The van der Waals surface area contributed by atoms with Crippen LogP contribution in [0.1, 0.15) is 11.6 Å². The summed E-state index contributed by atoms with van der Waals surface area (Å²) in [6.07, 6.45) is 0. The van der Waals surface area contributed by atoms with Crippen molar-refractivity contribution in [1.82, 2.24) is 0 Å². The molecule has 2 rings (SSSR count). The Balaban J connectivity index is 2.37. The van der Waals surface area contributed by atoms with Gasteiger partial charge in [0.15, 0.2) is 6.04 Å². The average molecular weight is 330 g/mol. The van der Waals surface area contributed by atoms with E-state index in [1.165, 1.54) is 0 Å². The molecule has 0 unspecified atom stereocenters. The van der Waals surface area contributed by atoms with Gasteiger partial charge < -0.3 is 0 Å². The van der Waals surface area contributed by atoms with Crippen LogP contribution in [0.15, 0.2) is 49.6 Å². The Morgan fingerprint density at radius 2 is 1.80 bits per heavy atom. The molecular weight excluding hydrogens is 324 g/mol. The maximum Gasteiger partial charge on any atom is 0.203 e. The molecule has 0 fully saturated rings. The molecule has 0 N–H and O–H groups in total. The number of benzene rings is 1. The van der Waals surface area contributed by atoms with Crippen molar-refractivity contribution in [3.05, 3.63) is 45.0 Å². The number of rotatable bonds is 1. The summed E-state index contributed by atoms with van der Waals surface area (Å²) in [7, 11) is 0. The molecule has 0 spiro atoms. The van der Waals surface area contributed by atoms with Gasteiger partial charge in [-0.25, -0.2) is 0 Å². The minimum atomic E-state index is -0.526. The molecule has 1 aromatic carbocycles. The van der Waals surface area contributed by atoms with Crippen molar-refractivity contribution in [1.29, 1.82) is 0 Å². The van der Waals surface area contributed by atoms with Crippen molar-refractivity contribution >= 4 is 37.6 Å². The van der Waals surface area contributed by atoms with Crippen LogP contribution < -0.4 is 0 Å². The second-order valence-corrected chi connectivity index (χ2v) is 4.54. The zero-order chi connectivity index (χ0) is 10.8. The highest BCUT2D eigenvalue weighted by Gasteiger charge is 2.27. The van der Waals surface area contributed by atoms with Crippen LogP contribution in [0.2, 0.25) is 0 Å². The van der Waals surface area contributed by atoms with Crippen LogP contribution in [0.25, 0.3) is 0 Å². The highest BCUT2D eigenvalue weighted by atomic mass is 79.9. The molecule has 1 heterocycles. The third kappa shape index (κ3) is 2.08. The lowest BCUT2D eigenvalue weighted by atomic mass is 10.0. The highest BCUT2D eigenvalue weighted by Crippen LogP contribution is 2.33. The molecule has 0 radical (unpaired) electrons. The topological polar surface area (TPSA) is 41.8 Å². The monoisotopic (exact) mass is 328 g/mol. The quantitative estimate of drug-likeness (QED) is 0.724. The van der Waals surface area contributed by atoms with Gasteiger partial charge in [-0.2, -0.15) is 5.11 Å². The summed E-state index contributed by atoms with van der Waals surface area (Å²) in [4.78, 5) is 11.8. The van der Waals surface area contributed by atoms with Crippen LogP contribution in [-0.2, 0) is 4.79 Å². The molecule has 1 aromatic rings. The van der Waals surface area contributed by atoms with E-state index in [-0.39, 0.29) is 5.78 Å². The molecule has 0 amide bonds. The van der Waals surface area contributed by atoms with Crippen molar-refractivity contribution in [2.45, 2.75) is 6.04 Å². The summed E-state index contributed by atoms with van der Waals surface area (Å²) < 4.78 is 0.881. The minimum absolute atomic E-state index is 0.0805. The lowest BCUT2D eigenvalue weighted by Gasteiger charge is -2.13. The maximum atomic E-state index is 11.8. The lowest BCUT2D eigenvalue weighted by Crippen LogP contribution is -2.13. The molecule has 0 aromatic heterocycles. The molecule has 0 saturated heterocycles. The van der Waals surface area contributed by atoms with E-state index in [9.17, 15) is 4.79 Å². The number of carbonyl (C=O) groups excluding carboxylic acids is 1. The second-order valence-electron chi connectivity index (χ2n) is 3.00. The molecule has 3 nitrogen and oxygen atoms in total. The SMILES string of the molecule is O=C1C(Br)=C(Br)N=N[C@H]1c1ccccc1. The number of azo groups is 1. The minimum Gasteiger partial charge on any atom is -0.291 e. The first-order valence-corrected chi connectivity index (χ1v) is 5.84. The van der Waals surface area contributed by atoms with Crippen LogP contribution >= 0.6 is 31.9 Å². The van der Waals surface area contributed by atoms with Crippen LogP contribution in [0.5, 0.6) is 0 Å². The fourth-order valence-corrected chi connectivity index (χ4v) is 1.86. The summed E-state index contributed by atoms with van der Waals surface area (Å²) in [5, 5.41) is 7.83. The first-order chi connectivity index (χ1) is 7.20. The Kier molecular flexibility index (Phi) is 3.11. The third-order valence-electron chi connectivity index (χ3n) is 2.02. The van der Waals surface area contributed by atoms with Gasteiger partial charge in [0.1, 0.15) is 4.61 Å². The molecule has 1 aliphatic rings. The Hall–Kier alpha value is -0.810. The molecule has 5 heteroatoms. The number of nitrogens with zero attached hydrogens (tertiary/aromatic N) is 2. The first kappa shape index (κ1) is 10.7. The fraction of sp³-hybridized carbons (Fsp3) is 0.100. The standard InChI is InChI=1S/C10H6Br2N2O/c11-7-9(15)8(13-14-10(7)12)6-4-2-1-3-5-6/h1-5,8H/t8-/m0/s1. The van der Waals surface area contributed by atoms with E-state index in [2.05, 4.69) is 42.1 Å². The molecule has 0 aliphatic carbocycles. The van der Waals surface area contributed by atoms with Gasteiger partial charge in [0.25, 0.3) is 0 Å². The number of carbonyl (C=O) groups is 1. The Morgan fingerprint density at radius 1 is 1.13 bits per heavy atom. The predicted molar refractivity (Wildman–Crippen MR) is 63.9 cm³/mol. The number of hydrogen-bond donors (Lipinski definition) is 0. The first-order valence-electron chi connectivity index (χ1n) is 4.25. The smallest absolute Gasteiger partial charge is 0.203 e. The van der Waals surface area contributed by atoms with Crippen molar-refractivity contribution in [2.24, 2.45) is 10.2 Å². The Bertz CT molecular complexity index is 454. The van der Waals surface area contributed by atoms with E-state index in [4.69, 9.17) is 0 Å². The van der Waals surface area contributed by atoms with Gasteiger partial charge in [-0.15, -0.1) is 5.11 Å². The third-order valence-corrected chi connectivity index (χ3v) is 3.88. The van der Waals surface area contributed by atoms with E-state index in [1.54, 1.807) is 0 Å². The number of halogens is 2. The van der Waals surface area contributed by atoms with Crippen LogP contribution in [0.3, 0.4) is 0 Å². The number of ketones is 1. The number of hydrogen-bond acceptors (Lipinski definition) is 3. The molecule has 0 bridgehead atoms. The summed E-state index contributed by atoms with van der Waals surface area (Å²) in [6.45, 7) is 0. The van der Waals surface area contributed by atoms with Crippen LogP contribution in [0, 0.1) is 0 Å². The summed E-state index contributed by atoms with van der Waals surface area (Å²) in [5.41, 5.74) is 0.850. The molecule has 1 atom stereocenters. The Labute approximate surface area is 104 Å². The highest BCUT2D eigenvalue weighted by molar-refractivity contribution is 9.14. The van der Waals surface area contributed by atoms with Gasteiger partial charge in [0.2, 0.25) is 5.78 Å². The normalized spacial score (nSPS) is 20.9. The van der Waals surface area contributed by atoms with Crippen molar-refractivity contribution in [3.8, 4) is 0 Å². The van der Waals surface area contributed by atoms with E-state index < -0.39 is 6.04 Å². The molecule has 76 valence electrons. The maximum absolute atomic E-state index is 11.8. The zero-order valence-corrected chi connectivity index (χ0v) is 10.7. The average Bonchev–Trinajstić information content (AvgIpc) is 2.27. The summed E-state index contributed by atoms with van der Waals surface area (Å²) in [5.74, 6) is -0.0805. The lowest BCUT2D eigenvalue weighted by molar-refractivity contribution is -0.116. The van der Waals surface area contributed by atoms with E-state index >= 15 is 0 Å². The summed E-state index contributed by atoms with van der Waals surface area (Å²) in [6, 6.07) is 8.84. The van der Waals surface area contributed by atoms with Gasteiger partial charge in [0, 0.05) is 0 Å². The van der Waals surface area contributed by atoms with Gasteiger partial charge >= 0.3 is 0 Å². The molecule has 15 heavy (non-hydrogen) atoms. The van der Waals surface area contributed by atoms with Gasteiger partial charge in [-0.05, 0) is 37.4 Å². The van der Waals surface area contributed by atoms with E-state index in [0.29, 0.717) is 9.09 Å². The van der Waals surface area contributed by atoms with E-state index in [0.717, 1.165) is 5.56 Å². The van der Waals surface area contributed by atoms with Crippen molar-refractivity contribution < 1.29 is 4.79 Å². The molecule has 0 saturated carbocycles. The van der Waals surface area contributed by atoms with Crippen molar-refractivity contribution in [2.75, 3.05) is 0 Å². The summed E-state index contributed by atoms with van der Waals surface area (Å²) >= 11 is 6.33. The van der Waals surface area contributed by atoms with Gasteiger partial charge in [-0.3, -0.25) is 4.79 Å². The predicted octanol–water partition coefficient (Wildman–Crippen LogP) is 3.72.